The van der Waals surface area contributed by atoms with Gasteiger partial charge in [-0.15, -0.1) is 0 Å². The minimum atomic E-state index is -0.694. The van der Waals surface area contributed by atoms with Gasteiger partial charge in [0.15, 0.2) is 5.79 Å². The fraction of sp³-hybridized carbons (Fsp3) is 0.481. The van der Waals surface area contributed by atoms with Crippen molar-refractivity contribution in [3.8, 4) is 0 Å². The maximum atomic E-state index is 13.3. The van der Waals surface area contributed by atoms with Crippen LogP contribution in [-0.4, -0.2) is 59.7 Å². The summed E-state index contributed by atoms with van der Waals surface area (Å²) in [5.74, 6) is -1.05. The number of nitrogens with zero attached hydrogens (tertiary/aromatic N) is 2. The van der Waals surface area contributed by atoms with Gasteiger partial charge in [0.25, 0.3) is 5.91 Å². The van der Waals surface area contributed by atoms with Crippen LogP contribution < -0.4 is 0 Å². The molecule has 1 fully saturated rings. The zero-order chi connectivity index (χ0) is 23.4. The van der Waals surface area contributed by atoms with Crippen LogP contribution in [0.3, 0.4) is 0 Å². The Bertz CT molecular complexity index is 971. The van der Waals surface area contributed by atoms with Crippen molar-refractivity contribution in [1.82, 2.24) is 9.80 Å². The highest BCUT2D eigenvalue weighted by Crippen LogP contribution is 2.37. The lowest BCUT2D eigenvalue weighted by Crippen LogP contribution is -2.58. The number of benzene rings is 2. The van der Waals surface area contributed by atoms with E-state index in [4.69, 9.17) is 9.47 Å². The summed E-state index contributed by atoms with van der Waals surface area (Å²) in [7, 11) is 0. The largest absolute Gasteiger partial charge is 0.350 e. The minimum absolute atomic E-state index is 0.0785. The summed E-state index contributed by atoms with van der Waals surface area (Å²) in [6, 6.07) is 17.8. The molecule has 0 aliphatic carbocycles. The van der Waals surface area contributed by atoms with Gasteiger partial charge in [0.05, 0.1) is 6.42 Å². The Morgan fingerprint density at radius 2 is 1.67 bits per heavy atom. The summed E-state index contributed by atoms with van der Waals surface area (Å²) in [5.41, 5.74) is 2.64. The molecule has 2 aliphatic heterocycles. The van der Waals surface area contributed by atoms with Crippen LogP contribution in [0.2, 0.25) is 0 Å². The van der Waals surface area contributed by atoms with E-state index in [0.717, 1.165) is 18.5 Å². The van der Waals surface area contributed by atoms with Gasteiger partial charge in [-0.2, -0.15) is 0 Å². The van der Waals surface area contributed by atoms with Gasteiger partial charge >= 0.3 is 0 Å². The highest BCUT2D eigenvalue weighted by Gasteiger charge is 2.45. The summed E-state index contributed by atoms with van der Waals surface area (Å²) in [6.45, 7) is 8.32. The summed E-state index contributed by atoms with van der Waals surface area (Å²) in [5, 5.41) is 0. The monoisotopic (exact) mass is 450 g/mol. The van der Waals surface area contributed by atoms with Crippen LogP contribution in [-0.2, 0) is 20.7 Å². The van der Waals surface area contributed by atoms with Crippen LogP contribution in [0.1, 0.15) is 61.1 Å². The van der Waals surface area contributed by atoms with E-state index in [2.05, 4.69) is 24.0 Å². The zero-order valence-corrected chi connectivity index (χ0v) is 19.8. The van der Waals surface area contributed by atoms with E-state index in [1.54, 1.807) is 0 Å². The number of carbonyl (C=O) groups is 2. The topological polar surface area (TPSA) is 59.1 Å². The number of piperidine rings is 1. The van der Waals surface area contributed by atoms with E-state index in [1.807, 2.05) is 56.3 Å². The van der Waals surface area contributed by atoms with Crippen molar-refractivity contribution in [3.63, 3.8) is 0 Å². The summed E-state index contributed by atoms with van der Waals surface area (Å²) in [6.07, 6.45) is 1.60. The van der Waals surface area contributed by atoms with Crippen molar-refractivity contribution in [2.24, 2.45) is 0 Å². The first-order valence-electron chi connectivity index (χ1n) is 12.0. The molecule has 2 atom stereocenters. The Morgan fingerprint density at radius 1 is 1.00 bits per heavy atom. The molecule has 6 nitrogen and oxygen atoms in total. The molecule has 0 unspecified atom stereocenters. The van der Waals surface area contributed by atoms with Crippen molar-refractivity contribution in [2.75, 3.05) is 26.3 Å². The first kappa shape index (κ1) is 23.6. The standard InChI is InChI=1S/C27H34N2O4/c1-4-32-27(33-5-2)15-16-28(20(3)21-11-7-6-8-12-21)23(18-27)19-29-25(30)17-22-13-9-10-14-24(22)26(29)31/h6-14,20,23H,4-5,15-19H2,1-3H3/t20-,23-/m0/s1. The van der Waals surface area contributed by atoms with E-state index in [0.29, 0.717) is 31.7 Å². The number of rotatable bonds is 8. The first-order valence-corrected chi connectivity index (χ1v) is 12.0. The fourth-order valence-electron chi connectivity index (χ4n) is 5.29. The van der Waals surface area contributed by atoms with Gasteiger partial charge in [0.2, 0.25) is 5.91 Å². The zero-order valence-electron chi connectivity index (χ0n) is 19.8. The molecule has 4 rings (SSSR count). The van der Waals surface area contributed by atoms with Crippen molar-refractivity contribution in [2.45, 2.75) is 57.9 Å². The maximum absolute atomic E-state index is 13.3. The lowest BCUT2D eigenvalue weighted by atomic mass is 9.90. The number of ether oxygens (including phenoxy) is 2. The molecule has 176 valence electrons. The van der Waals surface area contributed by atoms with E-state index in [9.17, 15) is 9.59 Å². The van der Waals surface area contributed by atoms with Gasteiger partial charge in [-0.05, 0) is 38.0 Å². The fourth-order valence-corrected chi connectivity index (χ4v) is 5.29. The van der Waals surface area contributed by atoms with Gasteiger partial charge in [-0.25, -0.2) is 0 Å². The van der Waals surface area contributed by atoms with Crippen LogP contribution in [0.25, 0.3) is 0 Å². The highest BCUT2D eigenvalue weighted by atomic mass is 16.7. The van der Waals surface area contributed by atoms with E-state index < -0.39 is 5.79 Å². The molecule has 33 heavy (non-hydrogen) atoms. The second-order valence-electron chi connectivity index (χ2n) is 8.85. The van der Waals surface area contributed by atoms with Crippen molar-refractivity contribution in [1.29, 1.82) is 0 Å². The van der Waals surface area contributed by atoms with Crippen LogP contribution in [0.4, 0.5) is 0 Å². The van der Waals surface area contributed by atoms with Crippen LogP contribution in [0.15, 0.2) is 54.6 Å². The number of fused-ring (bicyclic) bond motifs is 1. The Morgan fingerprint density at radius 3 is 2.36 bits per heavy atom. The molecular weight excluding hydrogens is 416 g/mol. The van der Waals surface area contributed by atoms with Crippen LogP contribution in [0, 0.1) is 0 Å². The van der Waals surface area contributed by atoms with Crippen LogP contribution >= 0.6 is 0 Å². The Balaban J connectivity index is 1.63. The van der Waals surface area contributed by atoms with Gasteiger partial charge in [0, 0.05) is 56.8 Å². The molecule has 2 aliphatic rings. The molecule has 2 heterocycles. The lowest BCUT2D eigenvalue weighted by molar-refractivity contribution is -0.263. The first-order chi connectivity index (χ1) is 16.0. The van der Waals surface area contributed by atoms with E-state index in [1.165, 1.54) is 10.5 Å². The van der Waals surface area contributed by atoms with Gasteiger partial charge in [-0.1, -0.05) is 48.5 Å². The molecular formula is C27H34N2O4. The number of likely N-dealkylation sites (tertiary alicyclic amines) is 1. The molecule has 2 aromatic carbocycles. The molecule has 0 saturated carbocycles. The molecule has 6 heteroatoms. The maximum Gasteiger partial charge on any atom is 0.260 e. The molecule has 2 aromatic rings. The highest BCUT2D eigenvalue weighted by molar-refractivity contribution is 6.09. The number of amides is 2. The van der Waals surface area contributed by atoms with Gasteiger partial charge < -0.3 is 9.47 Å². The predicted molar refractivity (Wildman–Crippen MR) is 127 cm³/mol. The Labute approximate surface area is 196 Å². The number of hydrogen-bond acceptors (Lipinski definition) is 5. The third-order valence-electron chi connectivity index (χ3n) is 6.89. The second kappa shape index (κ2) is 10.2. The molecule has 2 amide bonds. The van der Waals surface area contributed by atoms with Crippen molar-refractivity contribution >= 4 is 11.8 Å². The Kier molecular flexibility index (Phi) is 7.27. The molecule has 0 bridgehead atoms. The summed E-state index contributed by atoms with van der Waals surface area (Å²) >= 11 is 0. The molecule has 1 saturated heterocycles. The average molecular weight is 451 g/mol. The predicted octanol–water partition coefficient (Wildman–Crippen LogP) is 4.21. The molecule has 0 N–H and O–H groups in total. The van der Waals surface area contributed by atoms with Crippen LogP contribution in [0.5, 0.6) is 0 Å². The minimum Gasteiger partial charge on any atom is -0.350 e. The van der Waals surface area contributed by atoms with E-state index in [-0.39, 0.29) is 30.3 Å². The molecule has 0 aromatic heterocycles. The third-order valence-corrected chi connectivity index (χ3v) is 6.89. The van der Waals surface area contributed by atoms with Crippen molar-refractivity contribution in [3.05, 3.63) is 71.3 Å². The quantitative estimate of drug-likeness (QED) is 0.446. The number of hydrogen-bond donors (Lipinski definition) is 0. The summed E-state index contributed by atoms with van der Waals surface area (Å²) < 4.78 is 12.3. The summed E-state index contributed by atoms with van der Waals surface area (Å²) in [4.78, 5) is 30.1. The Hall–Kier alpha value is -2.54. The lowest BCUT2D eigenvalue weighted by Gasteiger charge is -2.49. The number of imide groups is 1. The smallest absolute Gasteiger partial charge is 0.260 e. The molecule has 0 radical (unpaired) electrons. The SMILES string of the molecule is CCOC1(OCC)CCN([C@@H](C)c2ccccc2)[C@H](CN2C(=O)Cc3ccccc3C2=O)C1. The third kappa shape index (κ3) is 4.88. The normalized spacial score (nSPS) is 21.7. The second-order valence-corrected chi connectivity index (χ2v) is 8.85. The number of carbonyl (C=O) groups excluding carboxylic acids is 2. The van der Waals surface area contributed by atoms with E-state index >= 15 is 0 Å². The van der Waals surface area contributed by atoms with Crippen molar-refractivity contribution < 1.29 is 19.1 Å². The average Bonchev–Trinajstić information content (AvgIpc) is 2.82. The van der Waals surface area contributed by atoms with Gasteiger partial charge in [-0.3, -0.25) is 19.4 Å². The molecule has 0 spiro atoms. The van der Waals surface area contributed by atoms with Gasteiger partial charge in [0.1, 0.15) is 0 Å².